The minimum absolute atomic E-state index is 0.0247. The van der Waals surface area contributed by atoms with Crippen LogP contribution in [0.15, 0.2) is 91.0 Å². The number of nitrogens with one attached hydrogen (secondary N) is 8. The van der Waals surface area contributed by atoms with Crippen molar-refractivity contribution in [3.63, 3.8) is 0 Å². The quantitative estimate of drug-likeness (QED) is 0.0320. The van der Waals surface area contributed by atoms with Gasteiger partial charge < -0.3 is 79.1 Å². The van der Waals surface area contributed by atoms with E-state index in [1.807, 2.05) is 0 Å². The van der Waals surface area contributed by atoms with Crippen LogP contribution in [0.2, 0.25) is 0 Å². The van der Waals surface area contributed by atoms with E-state index in [4.69, 9.17) is 11.5 Å². The molecule has 27 heteroatoms. The van der Waals surface area contributed by atoms with Gasteiger partial charge in [-0.1, -0.05) is 119 Å². The van der Waals surface area contributed by atoms with Gasteiger partial charge >= 0.3 is 5.97 Å². The number of nitrogens with zero attached hydrogens (tertiary/aromatic N) is 2. The molecule has 5 rings (SSSR count). The summed E-state index contributed by atoms with van der Waals surface area (Å²) < 4.78 is 0. The van der Waals surface area contributed by atoms with Crippen LogP contribution in [0, 0.1) is 11.8 Å². The van der Waals surface area contributed by atoms with E-state index in [0.717, 1.165) is 23.0 Å². The number of amides is 11. The maximum Gasteiger partial charge on any atom is 0.305 e. The molecule has 2 saturated heterocycles. The van der Waals surface area contributed by atoms with Crippen molar-refractivity contribution in [1.82, 2.24) is 52.3 Å². The first kappa shape index (κ1) is 69.0. The lowest BCUT2D eigenvalue weighted by Gasteiger charge is -2.32. The molecule has 472 valence electrons. The molecule has 0 bridgehead atoms. The van der Waals surface area contributed by atoms with Crippen molar-refractivity contribution in [2.24, 2.45) is 23.3 Å². The van der Waals surface area contributed by atoms with Crippen LogP contribution in [0.4, 0.5) is 0 Å². The first-order valence-electron chi connectivity index (χ1n) is 28.9. The molecule has 3 aromatic carbocycles. The summed E-state index contributed by atoms with van der Waals surface area (Å²) in [6.45, 7) is 7.95. The Bertz CT molecular complexity index is 2920. The zero-order chi connectivity index (χ0) is 64.2. The Labute approximate surface area is 504 Å². The number of carbonyl (C=O) groups excluding carboxylic acids is 11. The van der Waals surface area contributed by atoms with Crippen LogP contribution in [0.3, 0.4) is 0 Å². The highest BCUT2D eigenvalue weighted by atomic mass is 16.4. The second-order valence-electron chi connectivity index (χ2n) is 22.6. The van der Waals surface area contributed by atoms with Crippen molar-refractivity contribution in [2.45, 2.75) is 159 Å². The third kappa shape index (κ3) is 20.4. The van der Waals surface area contributed by atoms with Gasteiger partial charge in [0.05, 0.1) is 31.2 Å². The lowest BCUT2D eigenvalue weighted by molar-refractivity contribution is -0.144. The van der Waals surface area contributed by atoms with Gasteiger partial charge in [0.25, 0.3) is 0 Å². The zero-order valence-corrected chi connectivity index (χ0v) is 49.6. The second-order valence-corrected chi connectivity index (χ2v) is 22.6. The molecule has 2 heterocycles. The molecule has 12 atom stereocenters. The number of likely N-dealkylation sites (tertiary alicyclic amines) is 2. The fourth-order valence-corrected chi connectivity index (χ4v) is 10.1. The van der Waals surface area contributed by atoms with E-state index < -0.39 is 168 Å². The molecule has 0 saturated carbocycles. The highest BCUT2D eigenvalue weighted by molar-refractivity contribution is 5.99. The van der Waals surface area contributed by atoms with E-state index in [1.54, 1.807) is 105 Å². The van der Waals surface area contributed by atoms with Crippen molar-refractivity contribution in [2.75, 3.05) is 19.6 Å². The molecule has 11 amide bonds. The maximum atomic E-state index is 14.1. The largest absolute Gasteiger partial charge is 0.481 e. The number of aliphatic hydroxyl groups is 2. The van der Waals surface area contributed by atoms with Crippen LogP contribution in [0.1, 0.15) is 83.9 Å². The summed E-state index contributed by atoms with van der Waals surface area (Å²) in [6, 6.07) is 12.9. The first-order chi connectivity index (χ1) is 41.1. The smallest absolute Gasteiger partial charge is 0.305 e. The van der Waals surface area contributed by atoms with E-state index in [1.165, 1.54) is 25.7 Å². The number of rotatable bonds is 30. The first-order valence-corrected chi connectivity index (χ1v) is 28.9. The minimum atomic E-state index is -1.92. The Morgan fingerprint density at radius 1 is 0.552 bits per heavy atom. The molecule has 27 nitrogen and oxygen atoms in total. The summed E-state index contributed by atoms with van der Waals surface area (Å²) in [5.41, 5.74) is 13.9. The van der Waals surface area contributed by atoms with E-state index in [2.05, 4.69) is 42.5 Å². The Morgan fingerprint density at radius 2 is 1.06 bits per heavy atom. The number of primary amides is 1. The van der Waals surface area contributed by atoms with Gasteiger partial charge in [0.15, 0.2) is 0 Å². The van der Waals surface area contributed by atoms with Crippen LogP contribution >= 0.6 is 0 Å². The van der Waals surface area contributed by atoms with E-state index >= 15 is 0 Å². The van der Waals surface area contributed by atoms with Gasteiger partial charge in [-0.2, -0.15) is 0 Å². The van der Waals surface area contributed by atoms with Crippen molar-refractivity contribution in [3.8, 4) is 0 Å². The highest BCUT2D eigenvalue weighted by Gasteiger charge is 2.45. The topological polar surface area (TPSA) is 420 Å². The number of carboxylic acid groups (broad SMARTS) is 1. The fraction of sp³-hybridized carbons (Fsp3) is 0.500. The molecule has 87 heavy (non-hydrogen) atoms. The van der Waals surface area contributed by atoms with Gasteiger partial charge in [0.2, 0.25) is 65.0 Å². The second kappa shape index (κ2) is 32.6. The average Bonchev–Trinajstić information content (AvgIpc) is 2.12. The number of aliphatic carboxylic acids is 1. The summed E-state index contributed by atoms with van der Waals surface area (Å²) in [6.07, 6.45) is -3.49. The number of hydrogen-bond acceptors (Lipinski definition) is 15. The average molecular weight is 1210 g/mol. The highest BCUT2D eigenvalue weighted by Crippen LogP contribution is 2.23. The number of aliphatic hydroxyl groups excluding tert-OH is 2. The molecule has 0 radical (unpaired) electrons. The number of benzene rings is 3. The van der Waals surface area contributed by atoms with Crippen LogP contribution in [0.5, 0.6) is 0 Å². The summed E-state index contributed by atoms with van der Waals surface area (Å²) in [5.74, 6) is -12.2. The van der Waals surface area contributed by atoms with Crippen molar-refractivity contribution in [3.05, 3.63) is 108 Å². The van der Waals surface area contributed by atoms with E-state index in [-0.39, 0.29) is 45.2 Å². The lowest BCUT2D eigenvalue weighted by atomic mass is 10.00. The minimum Gasteiger partial charge on any atom is -0.481 e. The molecular weight excluding hydrogens is 1130 g/mol. The van der Waals surface area contributed by atoms with Gasteiger partial charge in [0, 0.05) is 32.4 Å². The van der Waals surface area contributed by atoms with Gasteiger partial charge in [-0.25, -0.2) is 0 Å². The SMILES string of the molecule is CC(C)[C@H](NC(=O)[C@H](CC(=O)O)NC(=O)[C@@H](NC(=O)[C@@H]1C[C@@H](O)CN1C(=O)[C@@H](NC(=O)[C@@H](N)Cc1ccccc1)C(C)C)[C@@H](C)O)C(=O)NCC(=O)N1CCC[C@H]1C(=O)N[C@@H](Cc1ccccc1)C(=O)N[C@@H](C)C(=O)N[C@@H](Cc1ccccc1)C(N)=O. The molecule has 2 aliphatic rings. The summed E-state index contributed by atoms with van der Waals surface area (Å²) in [7, 11) is 0. The standard InChI is InChI=1S/C60H82N12O15/c1-32(2)48(58(85)63-30-46(75)71-24-16-23-44(71)56(83)66-42(27-38-21-14-9-15-22-38)54(81)64-34(5)52(79)65-41(51(62)78)26-37-19-12-8-13-20-37)68-55(82)43(29-47(76)77)67-59(86)50(35(6)73)70-57(84)45-28-39(74)31-72(45)60(87)49(33(3)4)69-53(80)40(61)25-36-17-10-7-11-18-36/h7-15,17-22,32-35,39-45,48-50,73-74H,16,23-31,61H2,1-6H3,(H2,62,78)(H,63,85)(H,64,81)(H,65,79)(H,66,83)(H,67,86)(H,68,82)(H,69,80)(H,70,84)(H,76,77)/t34-,35+,39+,40-,41-,42-,43-,44-,45-,48-,49-,50-/m0/s1. The Balaban J connectivity index is 1.20. The molecule has 0 aromatic heterocycles. The molecule has 0 spiro atoms. The number of β-amino-alcohol motifs (C(OH)–C–C–N with tert-alkyl or cyclic N) is 1. The molecular formula is C60H82N12O15. The molecule has 3 aromatic rings. The normalized spacial score (nSPS) is 18.7. The lowest BCUT2D eigenvalue weighted by Crippen LogP contribution is -2.62. The number of carboxylic acids is 1. The van der Waals surface area contributed by atoms with Crippen molar-refractivity contribution >= 4 is 70.9 Å². The summed E-state index contributed by atoms with van der Waals surface area (Å²) >= 11 is 0. The van der Waals surface area contributed by atoms with Crippen LogP contribution in [0.25, 0.3) is 0 Å². The van der Waals surface area contributed by atoms with Gasteiger partial charge in [-0.3, -0.25) is 57.5 Å². The molecule has 2 fully saturated rings. The number of hydrogen-bond donors (Lipinski definition) is 13. The Hall–Kier alpha value is -8.82. The zero-order valence-electron chi connectivity index (χ0n) is 49.6. The summed E-state index contributed by atoms with van der Waals surface area (Å²) in [5, 5.41) is 51.2. The van der Waals surface area contributed by atoms with Gasteiger partial charge in [-0.15, -0.1) is 0 Å². The van der Waals surface area contributed by atoms with Gasteiger partial charge in [-0.05, 0) is 61.6 Å². The van der Waals surface area contributed by atoms with Crippen LogP contribution in [-0.2, 0) is 76.8 Å². The van der Waals surface area contributed by atoms with E-state index in [9.17, 15) is 72.9 Å². The molecule has 2 aliphatic heterocycles. The third-order valence-corrected chi connectivity index (χ3v) is 15.0. The summed E-state index contributed by atoms with van der Waals surface area (Å²) in [4.78, 5) is 164. The Kier molecular flexibility index (Phi) is 25.9. The molecule has 0 unspecified atom stereocenters. The number of nitrogens with two attached hydrogens (primary N) is 2. The van der Waals surface area contributed by atoms with Crippen molar-refractivity contribution < 1.29 is 72.9 Å². The predicted octanol–water partition coefficient (Wildman–Crippen LogP) is -2.82. The van der Waals surface area contributed by atoms with Crippen LogP contribution in [-0.4, -0.2) is 188 Å². The van der Waals surface area contributed by atoms with Crippen molar-refractivity contribution in [1.29, 1.82) is 0 Å². The molecule has 0 aliphatic carbocycles. The monoisotopic (exact) mass is 1210 g/mol. The Morgan fingerprint density at radius 3 is 1.59 bits per heavy atom. The third-order valence-electron chi connectivity index (χ3n) is 15.0. The molecule has 15 N–H and O–H groups in total. The maximum absolute atomic E-state index is 14.1. The number of carbonyl (C=O) groups is 12. The van der Waals surface area contributed by atoms with Crippen LogP contribution < -0.4 is 54.0 Å². The fourth-order valence-electron chi connectivity index (χ4n) is 10.1. The predicted molar refractivity (Wildman–Crippen MR) is 314 cm³/mol. The van der Waals surface area contributed by atoms with Gasteiger partial charge in [0.1, 0.15) is 54.4 Å². The van der Waals surface area contributed by atoms with E-state index in [0.29, 0.717) is 12.0 Å².